The molecule has 6 bridgehead atoms. The molecule has 0 amide bonds. The first-order valence-electron chi connectivity index (χ1n) is 11.1. The summed E-state index contributed by atoms with van der Waals surface area (Å²) in [6.45, 7) is 0.466. The van der Waals surface area contributed by atoms with Crippen LogP contribution in [0.4, 0.5) is 0 Å². The molecule has 6 rings (SSSR count). The lowest BCUT2D eigenvalue weighted by atomic mass is 9.81. The minimum atomic E-state index is -1.45. The summed E-state index contributed by atoms with van der Waals surface area (Å²) in [5.74, 6) is 0.800. The monoisotopic (exact) mass is 467 g/mol. The Balaban J connectivity index is 1.71. The smallest absolute Gasteiger partial charge is 0.156 e. The fourth-order valence-electron chi connectivity index (χ4n) is 4.81. The number of imidazole rings is 1. The highest BCUT2D eigenvalue weighted by atomic mass is 35.5. The average molecular weight is 468 g/mol. The van der Waals surface area contributed by atoms with E-state index in [0.717, 1.165) is 44.5 Å². The molecule has 3 heterocycles. The number of ether oxygens (including phenoxy) is 1. The van der Waals surface area contributed by atoms with E-state index in [1.54, 1.807) is 12.5 Å². The van der Waals surface area contributed by atoms with E-state index in [-0.39, 0.29) is 0 Å². The third kappa shape index (κ3) is 3.28. The number of rotatable bonds is 1. The Morgan fingerprint density at radius 1 is 1.03 bits per heavy atom. The Hall–Kier alpha value is -3.67. The normalized spacial score (nSPS) is 17.4. The topological polar surface area (TPSA) is 60.2 Å². The van der Waals surface area contributed by atoms with E-state index < -0.39 is 5.60 Å². The van der Waals surface area contributed by atoms with Crippen LogP contribution in [0.25, 0.3) is 22.0 Å². The highest BCUT2D eigenvalue weighted by Gasteiger charge is 2.37. The number of aliphatic hydroxyl groups is 1. The Bertz CT molecular complexity index is 1540. The van der Waals surface area contributed by atoms with E-state index in [1.165, 1.54) is 0 Å². The first-order chi connectivity index (χ1) is 16.5. The van der Waals surface area contributed by atoms with Gasteiger partial charge >= 0.3 is 0 Å². The third-order valence-corrected chi connectivity index (χ3v) is 6.96. The molecular weight excluding hydrogens is 446 g/mol. The van der Waals surface area contributed by atoms with Crippen LogP contribution in [0.5, 0.6) is 5.75 Å². The molecule has 3 aromatic carbocycles. The van der Waals surface area contributed by atoms with E-state index in [2.05, 4.69) is 16.0 Å². The number of pyridine rings is 1. The first kappa shape index (κ1) is 20.9. The number of hydrogen-bond donors (Lipinski definition) is 1. The van der Waals surface area contributed by atoms with Gasteiger partial charge in [-0.1, -0.05) is 41.9 Å². The molecule has 1 atom stereocenters. The summed E-state index contributed by atoms with van der Waals surface area (Å²) in [7, 11) is 1.88. The number of nitrogens with zero attached hydrogens (tertiary/aromatic N) is 3. The predicted octanol–water partition coefficient (Wildman–Crippen LogP) is 5.51. The van der Waals surface area contributed by atoms with Crippen LogP contribution in [0.3, 0.4) is 0 Å². The third-order valence-electron chi connectivity index (χ3n) is 6.60. The van der Waals surface area contributed by atoms with E-state index in [9.17, 15) is 5.11 Å². The molecule has 5 aromatic rings. The van der Waals surface area contributed by atoms with Gasteiger partial charge in [-0.05, 0) is 64.2 Å². The summed E-state index contributed by atoms with van der Waals surface area (Å²) in [6, 6.07) is 21.7. The van der Waals surface area contributed by atoms with Crippen molar-refractivity contribution >= 4 is 22.5 Å². The second-order valence-electron chi connectivity index (χ2n) is 8.62. The molecule has 2 aromatic heterocycles. The fraction of sp³-hybridized carbons (Fsp3) is 0.143. The molecule has 0 saturated carbocycles. The zero-order valence-corrected chi connectivity index (χ0v) is 19.3. The summed E-state index contributed by atoms with van der Waals surface area (Å²) in [6.07, 6.45) is 5.83. The number of fused-ring (bicyclic) bond motifs is 6. The van der Waals surface area contributed by atoms with E-state index >= 15 is 0 Å². The summed E-state index contributed by atoms with van der Waals surface area (Å²) in [5, 5.41) is 14.0. The zero-order valence-electron chi connectivity index (χ0n) is 18.6. The van der Waals surface area contributed by atoms with Gasteiger partial charge in [0.15, 0.2) is 5.60 Å². The number of hydrogen-bond acceptors (Lipinski definition) is 4. The molecule has 0 saturated heterocycles. The molecule has 1 unspecified atom stereocenters. The van der Waals surface area contributed by atoms with Crippen LogP contribution < -0.4 is 4.74 Å². The Kier molecular flexibility index (Phi) is 4.90. The number of benzene rings is 3. The van der Waals surface area contributed by atoms with Gasteiger partial charge in [0.25, 0.3) is 0 Å². The van der Waals surface area contributed by atoms with E-state index in [0.29, 0.717) is 23.7 Å². The molecule has 0 aliphatic carbocycles. The van der Waals surface area contributed by atoms with Crippen LogP contribution in [0, 0.1) is 0 Å². The first-order valence-corrected chi connectivity index (χ1v) is 11.5. The van der Waals surface area contributed by atoms with Crippen molar-refractivity contribution in [2.45, 2.75) is 12.0 Å². The van der Waals surface area contributed by atoms with Crippen molar-refractivity contribution in [1.29, 1.82) is 0 Å². The molecule has 0 radical (unpaired) electrons. The van der Waals surface area contributed by atoms with Gasteiger partial charge < -0.3 is 14.4 Å². The summed E-state index contributed by atoms with van der Waals surface area (Å²) in [4.78, 5) is 8.87. The summed E-state index contributed by atoms with van der Waals surface area (Å²) >= 11 is 6.55. The van der Waals surface area contributed by atoms with Gasteiger partial charge in [-0.2, -0.15) is 0 Å². The van der Waals surface area contributed by atoms with E-state index in [4.69, 9.17) is 16.3 Å². The molecule has 5 nitrogen and oxygen atoms in total. The summed E-state index contributed by atoms with van der Waals surface area (Å²) in [5.41, 5.74) is 4.49. The van der Waals surface area contributed by atoms with Crippen LogP contribution in [0.2, 0.25) is 5.02 Å². The van der Waals surface area contributed by atoms with Gasteiger partial charge in [-0.15, -0.1) is 0 Å². The Morgan fingerprint density at radius 2 is 1.88 bits per heavy atom. The van der Waals surface area contributed by atoms with Gasteiger partial charge in [0.05, 0.1) is 30.3 Å². The second kappa shape index (κ2) is 7.97. The van der Waals surface area contributed by atoms with Crippen LogP contribution >= 0.6 is 11.6 Å². The lowest BCUT2D eigenvalue weighted by Crippen LogP contribution is -2.31. The SMILES string of the molecule is Cn1cncc1C1(O)c2ccc(Cl)c(c2)CCOc2cccc(c2)-c2ccnc3ccc1cc23. The lowest BCUT2D eigenvalue weighted by molar-refractivity contribution is 0.117. The zero-order chi connectivity index (χ0) is 23.3. The molecule has 1 aliphatic heterocycles. The molecule has 1 N–H and O–H groups in total. The van der Waals surface area contributed by atoms with Crippen molar-refractivity contribution in [2.24, 2.45) is 7.05 Å². The highest BCUT2D eigenvalue weighted by Crippen LogP contribution is 2.40. The van der Waals surface area contributed by atoms with Crippen molar-refractivity contribution < 1.29 is 9.84 Å². The number of halogens is 1. The maximum absolute atomic E-state index is 12.5. The van der Waals surface area contributed by atoms with Gasteiger partial charge in [-0.3, -0.25) is 4.98 Å². The second-order valence-corrected chi connectivity index (χ2v) is 9.03. The number of aromatic nitrogens is 3. The minimum Gasteiger partial charge on any atom is -0.493 e. The molecule has 0 spiro atoms. The molecule has 34 heavy (non-hydrogen) atoms. The van der Waals surface area contributed by atoms with Crippen molar-refractivity contribution in [3.05, 3.63) is 113 Å². The van der Waals surface area contributed by atoms with Crippen molar-refractivity contribution in [1.82, 2.24) is 14.5 Å². The van der Waals surface area contributed by atoms with Crippen LogP contribution in [-0.2, 0) is 19.1 Å². The van der Waals surface area contributed by atoms with Gasteiger partial charge in [0.1, 0.15) is 5.75 Å². The van der Waals surface area contributed by atoms with Crippen LogP contribution in [0.15, 0.2) is 85.5 Å². The molecular formula is C28H22ClN3O2. The summed E-state index contributed by atoms with van der Waals surface area (Å²) < 4.78 is 7.93. The largest absolute Gasteiger partial charge is 0.493 e. The maximum atomic E-state index is 12.5. The lowest BCUT2D eigenvalue weighted by Gasteiger charge is -2.31. The standard InChI is InChI=1S/C28H22ClN3O2/c1-32-17-30-16-27(32)28(33)20-5-7-25(29)19(13-20)10-12-34-22-4-2-3-18(14-22)23-9-11-31-26-8-6-21(28)15-24(23)26/h2-9,11,13-17,33H,10,12H2,1H3. The van der Waals surface area contributed by atoms with Crippen molar-refractivity contribution in [3.63, 3.8) is 0 Å². The van der Waals surface area contributed by atoms with Gasteiger partial charge in [0.2, 0.25) is 0 Å². The van der Waals surface area contributed by atoms with E-state index in [1.807, 2.05) is 78.5 Å². The fourth-order valence-corrected chi connectivity index (χ4v) is 5.03. The van der Waals surface area contributed by atoms with Crippen LogP contribution in [0.1, 0.15) is 22.4 Å². The predicted molar refractivity (Wildman–Crippen MR) is 133 cm³/mol. The molecule has 6 heteroatoms. The quantitative estimate of drug-likeness (QED) is 0.353. The van der Waals surface area contributed by atoms with Gasteiger partial charge in [-0.25, -0.2) is 4.98 Å². The van der Waals surface area contributed by atoms with Gasteiger partial charge in [0, 0.05) is 30.1 Å². The molecule has 0 fully saturated rings. The minimum absolute atomic E-state index is 0.466. The number of aryl methyl sites for hydroxylation is 1. The van der Waals surface area contributed by atoms with Crippen LogP contribution in [-0.4, -0.2) is 26.2 Å². The Morgan fingerprint density at radius 3 is 2.74 bits per heavy atom. The highest BCUT2D eigenvalue weighted by molar-refractivity contribution is 6.31. The maximum Gasteiger partial charge on any atom is 0.156 e. The van der Waals surface area contributed by atoms with Crippen molar-refractivity contribution in [2.75, 3.05) is 6.61 Å². The Labute approximate surface area is 202 Å². The van der Waals surface area contributed by atoms with Crippen molar-refractivity contribution in [3.8, 4) is 16.9 Å². The molecule has 1 aliphatic rings. The average Bonchev–Trinajstić information content (AvgIpc) is 3.30. The molecule has 168 valence electrons.